The van der Waals surface area contributed by atoms with Crippen molar-refractivity contribution in [2.75, 3.05) is 18.9 Å². The highest BCUT2D eigenvalue weighted by molar-refractivity contribution is 5.77. The van der Waals surface area contributed by atoms with Crippen LogP contribution in [0.3, 0.4) is 0 Å². The highest BCUT2D eigenvalue weighted by Gasteiger charge is 2.27. The molecule has 0 aliphatic rings. The summed E-state index contributed by atoms with van der Waals surface area (Å²) in [5, 5.41) is 1.51. The number of nitrogens with one attached hydrogen (secondary N) is 1. The number of carbonyl (C=O) groups excluding carboxylic acids is 1. The molecule has 0 aliphatic heterocycles. The minimum absolute atomic E-state index is 0.452. The Kier molecular flexibility index (Phi) is 4.52. The number of hydrogen-bond donors (Lipinski definition) is 2. The third-order valence-electron chi connectivity index (χ3n) is 1.90. The Morgan fingerprint density at radius 1 is 1.26 bits per heavy atom. The van der Waals surface area contributed by atoms with Crippen LogP contribution in [0.1, 0.15) is 0 Å². The maximum Gasteiger partial charge on any atom is 0.405 e. The van der Waals surface area contributed by atoms with Gasteiger partial charge in [0.25, 0.3) is 5.91 Å². The molecule has 0 aromatic heterocycles. The minimum Gasteiger partial charge on any atom is -0.481 e. The summed E-state index contributed by atoms with van der Waals surface area (Å²) in [4.78, 5) is 10.9. The Morgan fingerprint density at radius 2 is 1.89 bits per heavy atom. The van der Waals surface area contributed by atoms with Crippen LogP contribution < -0.4 is 15.8 Å². The van der Waals surface area contributed by atoms with E-state index in [4.69, 9.17) is 5.73 Å². The zero-order valence-electron chi connectivity index (χ0n) is 9.35. The molecule has 0 aliphatic carbocycles. The third kappa shape index (κ3) is 4.98. The van der Waals surface area contributed by atoms with Gasteiger partial charge in [-0.25, -0.2) is 8.78 Å². The SMILES string of the molecule is Nc1cc(F)c(OCC(=O)NCC(F)(F)F)cc1F. The zero-order chi connectivity index (χ0) is 14.6. The number of amides is 1. The number of rotatable bonds is 4. The van der Waals surface area contributed by atoms with Gasteiger partial charge in [-0.3, -0.25) is 4.79 Å². The number of anilines is 1. The number of ether oxygens (including phenoxy) is 1. The highest BCUT2D eigenvalue weighted by atomic mass is 19.4. The van der Waals surface area contributed by atoms with Crippen LogP contribution in [0.15, 0.2) is 12.1 Å². The average Bonchev–Trinajstić information content (AvgIpc) is 2.28. The van der Waals surface area contributed by atoms with E-state index in [0.717, 1.165) is 0 Å². The number of nitrogen functional groups attached to an aromatic ring is 1. The lowest BCUT2D eigenvalue weighted by atomic mass is 10.3. The molecule has 1 aromatic rings. The summed E-state index contributed by atoms with van der Waals surface area (Å²) in [6, 6.07) is 1.24. The van der Waals surface area contributed by atoms with Crippen molar-refractivity contribution >= 4 is 11.6 Å². The van der Waals surface area contributed by atoms with Crippen LogP contribution >= 0.6 is 0 Å². The molecule has 0 fully saturated rings. The maximum atomic E-state index is 13.2. The Morgan fingerprint density at radius 3 is 2.47 bits per heavy atom. The summed E-state index contributed by atoms with van der Waals surface area (Å²) in [7, 11) is 0. The van der Waals surface area contributed by atoms with Crippen molar-refractivity contribution in [1.29, 1.82) is 0 Å². The summed E-state index contributed by atoms with van der Waals surface area (Å²) >= 11 is 0. The van der Waals surface area contributed by atoms with E-state index in [0.29, 0.717) is 12.1 Å². The van der Waals surface area contributed by atoms with Gasteiger partial charge in [-0.15, -0.1) is 0 Å². The van der Waals surface area contributed by atoms with Crippen LogP contribution in [-0.4, -0.2) is 25.2 Å². The number of benzene rings is 1. The van der Waals surface area contributed by atoms with Crippen molar-refractivity contribution in [3.05, 3.63) is 23.8 Å². The molecule has 0 unspecified atom stereocenters. The Hall–Kier alpha value is -2.06. The smallest absolute Gasteiger partial charge is 0.405 e. The first-order valence-corrected chi connectivity index (χ1v) is 4.90. The number of nitrogens with two attached hydrogens (primary N) is 1. The van der Waals surface area contributed by atoms with Crippen molar-refractivity contribution in [3.63, 3.8) is 0 Å². The Bertz CT molecular complexity index is 476. The van der Waals surface area contributed by atoms with E-state index in [2.05, 4.69) is 4.74 Å². The van der Waals surface area contributed by atoms with Gasteiger partial charge in [-0.05, 0) is 0 Å². The fourth-order valence-electron chi connectivity index (χ4n) is 1.05. The molecule has 3 N–H and O–H groups in total. The molecule has 1 rings (SSSR count). The standard InChI is InChI=1S/C10H9F5N2O2/c11-5-2-8(6(12)1-7(5)16)19-3-9(18)17-4-10(13,14)15/h1-2H,3-4,16H2,(H,17,18). The topological polar surface area (TPSA) is 64.3 Å². The van der Waals surface area contributed by atoms with Gasteiger partial charge in [0, 0.05) is 12.1 Å². The molecule has 0 heterocycles. The number of carbonyl (C=O) groups is 1. The van der Waals surface area contributed by atoms with Gasteiger partial charge in [0.1, 0.15) is 12.4 Å². The lowest BCUT2D eigenvalue weighted by Gasteiger charge is -2.10. The van der Waals surface area contributed by atoms with Gasteiger partial charge in [-0.2, -0.15) is 13.2 Å². The summed E-state index contributed by atoms with van der Waals surface area (Å²) in [6.45, 7) is -2.41. The average molecular weight is 284 g/mol. The monoisotopic (exact) mass is 284 g/mol. The second kappa shape index (κ2) is 5.72. The van der Waals surface area contributed by atoms with Crippen molar-refractivity contribution in [2.45, 2.75) is 6.18 Å². The molecular formula is C10H9F5N2O2. The van der Waals surface area contributed by atoms with Crippen LogP contribution in [0.4, 0.5) is 27.6 Å². The first-order chi connectivity index (χ1) is 8.69. The van der Waals surface area contributed by atoms with Gasteiger partial charge < -0.3 is 15.8 Å². The summed E-state index contributed by atoms with van der Waals surface area (Å²) in [5.41, 5.74) is 4.61. The lowest BCUT2D eigenvalue weighted by molar-refractivity contribution is -0.139. The molecule has 106 valence electrons. The van der Waals surface area contributed by atoms with Crippen molar-refractivity contribution < 1.29 is 31.5 Å². The zero-order valence-corrected chi connectivity index (χ0v) is 9.35. The molecule has 0 atom stereocenters. The fourth-order valence-corrected chi connectivity index (χ4v) is 1.05. The van der Waals surface area contributed by atoms with Crippen LogP contribution in [-0.2, 0) is 4.79 Å². The number of halogens is 5. The molecule has 0 saturated carbocycles. The van der Waals surface area contributed by atoms with Crippen LogP contribution in [0.5, 0.6) is 5.75 Å². The lowest BCUT2D eigenvalue weighted by Crippen LogP contribution is -2.36. The molecule has 0 saturated heterocycles. The third-order valence-corrected chi connectivity index (χ3v) is 1.90. The molecule has 1 aromatic carbocycles. The van der Waals surface area contributed by atoms with Crippen molar-refractivity contribution in [3.8, 4) is 5.75 Å². The molecule has 1 amide bonds. The second-order valence-corrected chi connectivity index (χ2v) is 3.48. The van der Waals surface area contributed by atoms with Crippen molar-refractivity contribution in [2.24, 2.45) is 0 Å². The van der Waals surface area contributed by atoms with Crippen molar-refractivity contribution in [1.82, 2.24) is 5.32 Å². The van der Waals surface area contributed by atoms with E-state index in [9.17, 15) is 26.7 Å². The Balaban J connectivity index is 2.53. The predicted molar refractivity (Wildman–Crippen MR) is 55.3 cm³/mol. The summed E-state index contributed by atoms with van der Waals surface area (Å²) in [6.07, 6.45) is -4.56. The van der Waals surface area contributed by atoms with Gasteiger partial charge in [0.05, 0.1) is 5.69 Å². The quantitative estimate of drug-likeness (QED) is 0.652. The molecule has 0 bridgehead atoms. The van der Waals surface area contributed by atoms with Crippen LogP contribution in [0, 0.1) is 11.6 Å². The second-order valence-electron chi connectivity index (χ2n) is 3.48. The van der Waals surface area contributed by atoms with Gasteiger partial charge >= 0.3 is 6.18 Å². The predicted octanol–water partition coefficient (Wildman–Crippen LogP) is 1.60. The van der Waals surface area contributed by atoms with E-state index in [1.54, 1.807) is 0 Å². The Labute approximate surface area is 104 Å². The molecule has 0 radical (unpaired) electrons. The molecule has 19 heavy (non-hydrogen) atoms. The molecule has 4 nitrogen and oxygen atoms in total. The van der Waals surface area contributed by atoms with Gasteiger partial charge in [0.15, 0.2) is 18.2 Å². The number of hydrogen-bond acceptors (Lipinski definition) is 3. The normalized spacial score (nSPS) is 11.2. The molecule has 0 spiro atoms. The summed E-state index contributed by atoms with van der Waals surface area (Å²) in [5.74, 6) is -3.72. The molecular weight excluding hydrogens is 275 g/mol. The summed E-state index contributed by atoms with van der Waals surface area (Å²) < 4.78 is 66.0. The first kappa shape index (κ1) is 15.0. The van der Waals surface area contributed by atoms with Gasteiger partial charge in [0.2, 0.25) is 0 Å². The van der Waals surface area contributed by atoms with Crippen LogP contribution in [0.2, 0.25) is 0 Å². The first-order valence-electron chi connectivity index (χ1n) is 4.90. The van der Waals surface area contributed by atoms with E-state index in [1.165, 1.54) is 5.32 Å². The van der Waals surface area contributed by atoms with Gasteiger partial charge in [-0.1, -0.05) is 0 Å². The van der Waals surface area contributed by atoms with E-state index >= 15 is 0 Å². The minimum atomic E-state index is -4.56. The van der Waals surface area contributed by atoms with E-state index in [-0.39, 0.29) is 0 Å². The van der Waals surface area contributed by atoms with E-state index in [1.807, 2.05) is 0 Å². The number of alkyl halides is 3. The van der Waals surface area contributed by atoms with E-state index < -0.39 is 48.3 Å². The van der Waals surface area contributed by atoms with Crippen LogP contribution in [0.25, 0.3) is 0 Å². The fraction of sp³-hybridized carbons (Fsp3) is 0.300. The largest absolute Gasteiger partial charge is 0.481 e. The highest BCUT2D eigenvalue weighted by Crippen LogP contribution is 2.22. The molecule has 9 heteroatoms. The maximum absolute atomic E-state index is 13.2.